The molecule has 3 heterocycles. The second-order valence-corrected chi connectivity index (χ2v) is 7.27. The fourth-order valence-corrected chi connectivity index (χ4v) is 3.44. The maximum Gasteiger partial charge on any atom is 0.317 e. The van der Waals surface area contributed by atoms with E-state index in [-0.39, 0.29) is 11.9 Å². The van der Waals surface area contributed by atoms with Gasteiger partial charge >= 0.3 is 6.03 Å². The van der Waals surface area contributed by atoms with Gasteiger partial charge < -0.3 is 14.7 Å². The topological polar surface area (TPSA) is 99.9 Å². The van der Waals surface area contributed by atoms with E-state index in [1.165, 1.54) is 5.56 Å². The van der Waals surface area contributed by atoms with E-state index in [9.17, 15) is 4.79 Å². The molecule has 1 aliphatic heterocycles. The zero-order valence-electron chi connectivity index (χ0n) is 16.1. The first kappa shape index (κ1) is 18.2. The molecule has 2 aromatic heterocycles. The van der Waals surface area contributed by atoms with Crippen molar-refractivity contribution in [1.82, 2.24) is 30.6 Å². The van der Waals surface area contributed by atoms with Crippen LogP contribution in [0.2, 0.25) is 0 Å². The summed E-state index contributed by atoms with van der Waals surface area (Å²) in [5, 5.41) is 14.1. The Hall–Kier alpha value is -3.16. The molecule has 0 spiro atoms. The number of aryl methyl sites for hydroxylation is 2. The summed E-state index contributed by atoms with van der Waals surface area (Å²) in [5.41, 5.74) is 2.86. The fourth-order valence-electron chi connectivity index (χ4n) is 3.44. The maximum atomic E-state index is 12.6. The van der Waals surface area contributed by atoms with Gasteiger partial charge in [0.05, 0.1) is 6.54 Å². The summed E-state index contributed by atoms with van der Waals surface area (Å²) in [6.07, 6.45) is 1.93. The van der Waals surface area contributed by atoms with E-state index in [1.54, 1.807) is 0 Å². The van der Waals surface area contributed by atoms with Gasteiger partial charge in [-0.05, 0) is 26.7 Å². The Morgan fingerprint density at radius 2 is 2.14 bits per heavy atom. The Morgan fingerprint density at radius 1 is 1.32 bits per heavy atom. The fraction of sp³-hybridized carbons (Fsp3) is 0.400. The van der Waals surface area contributed by atoms with E-state index in [2.05, 4.69) is 25.7 Å². The van der Waals surface area contributed by atoms with Crippen molar-refractivity contribution in [1.29, 1.82) is 0 Å². The van der Waals surface area contributed by atoms with Gasteiger partial charge in [-0.15, -0.1) is 0 Å². The van der Waals surface area contributed by atoms with E-state index in [0.717, 1.165) is 36.6 Å². The van der Waals surface area contributed by atoms with Crippen molar-refractivity contribution < 1.29 is 9.32 Å². The van der Waals surface area contributed by atoms with Crippen LogP contribution in [0.5, 0.6) is 0 Å². The van der Waals surface area contributed by atoms with Crippen LogP contribution in [0, 0.1) is 13.8 Å². The lowest BCUT2D eigenvalue weighted by molar-refractivity contribution is 0.177. The third kappa shape index (κ3) is 4.05. The average molecular weight is 380 g/mol. The number of aromatic nitrogens is 4. The minimum atomic E-state index is -0.100. The van der Waals surface area contributed by atoms with Gasteiger partial charge in [0.2, 0.25) is 0 Å². The third-order valence-electron chi connectivity index (χ3n) is 5.00. The summed E-state index contributed by atoms with van der Waals surface area (Å²) >= 11 is 0. The number of piperidine rings is 1. The summed E-state index contributed by atoms with van der Waals surface area (Å²) < 4.78 is 5.41. The molecule has 1 saturated heterocycles. The first-order valence-corrected chi connectivity index (χ1v) is 9.53. The second kappa shape index (κ2) is 7.84. The molecule has 0 unspecified atom stereocenters. The van der Waals surface area contributed by atoms with E-state index in [1.807, 2.05) is 49.1 Å². The highest BCUT2D eigenvalue weighted by molar-refractivity contribution is 5.74. The Labute approximate surface area is 163 Å². The smallest absolute Gasteiger partial charge is 0.317 e. The van der Waals surface area contributed by atoms with E-state index in [4.69, 9.17) is 4.52 Å². The van der Waals surface area contributed by atoms with Crippen molar-refractivity contribution in [3.8, 4) is 11.3 Å². The van der Waals surface area contributed by atoms with Crippen molar-refractivity contribution in [2.24, 2.45) is 0 Å². The van der Waals surface area contributed by atoms with Gasteiger partial charge in [0.25, 0.3) is 0 Å². The molecule has 1 aliphatic rings. The second-order valence-electron chi connectivity index (χ2n) is 7.27. The molecule has 1 fully saturated rings. The average Bonchev–Trinajstić information content (AvgIpc) is 3.36. The lowest BCUT2D eigenvalue weighted by atomic mass is 9.98. The Balaban J connectivity index is 1.33. The van der Waals surface area contributed by atoms with Crippen molar-refractivity contribution in [2.75, 3.05) is 13.1 Å². The molecule has 0 aliphatic carbocycles. The molecule has 1 atom stereocenters. The van der Waals surface area contributed by atoms with Crippen LogP contribution in [-0.4, -0.2) is 44.4 Å². The Kier molecular flexibility index (Phi) is 5.10. The number of amides is 2. The number of likely N-dealkylation sites (tertiary alicyclic amines) is 1. The van der Waals surface area contributed by atoms with Gasteiger partial charge in [-0.3, -0.25) is 5.10 Å². The molecule has 0 saturated carbocycles. The lowest BCUT2D eigenvalue weighted by Crippen LogP contribution is -2.44. The van der Waals surface area contributed by atoms with Crippen LogP contribution in [0.15, 0.2) is 34.9 Å². The first-order valence-electron chi connectivity index (χ1n) is 9.53. The number of H-pyrrole nitrogens is 1. The van der Waals surface area contributed by atoms with Crippen molar-refractivity contribution in [2.45, 2.75) is 39.2 Å². The highest BCUT2D eigenvalue weighted by atomic mass is 16.5. The van der Waals surface area contributed by atoms with Crippen LogP contribution < -0.4 is 5.32 Å². The number of nitrogens with one attached hydrogen (secondary N) is 2. The Bertz CT molecular complexity index is 946. The predicted octanol–water partition coefficient (Wildman–Crippen LogP) is 3.17. The zero-order chi connectivity index (χ0) is 19.5. The van der Waals surface area contributed by atoms with Gasteiger partial charge in [-0.25, -0.2) is 9.78 Å². The van der Waals surface area contributed by atoms with E-state index >= 15 is 0 Å². The number of urea groups is 1. The van der Waals surface area contributed by atoms with Crippen LogP contribution in [0.25, 0.3) is 11.3 Å². The summed E-state index contributed by atoms with van der Waals surface area (Å²) in [5.74, 6) is 2.45. The van der Waals surface area contributed by atoms with Crippen LogP contribution in [0.4, 0.5) is 4.79 Å². The highest BCUT2D eigenvalue weighted by Crippen LogP contribution is 2.24. The van der Waals surface area contributed by atoms with Crippen LogP contribution in [-0.2, 0) is 6.54 Å². The predicted molar refractivity (Wildman–Crippen MR) is 104 cm³/mol. The van der Waals surface area contributed by atoms with Crippen molar-refractivity contribution >= 4 is 6.03 Å². The maximum absolute atomic E-state index is 12.6. The Morgan fingerprint density at radius 3 is 2.89 bits per heavy atom. The van der Waals surface area contributed by atoms with Crippen LogP contribution >= 0.6 is 0 Å². The standard InChI is InChI=1S/C20H24N6O2/c1-13-5-7-15(8-6-13)18-10-17(25-28-18)11-21-20(27)26-9-3-4-16(12-26)19-22-14(2)23-24-19/h5-8,10,16H,3-4,9,11-12H2,1-2H3,(H,21,27)(H,22,23,24)/t16-/m1/s1. The van der Waals surface area contributed by atoms with E-state index in [0.29, 0.717) is 24.5 Å². The van der Waals surface area contributed by atoms with Crippen molar-refractivity contribution in [3.63, 3.8) is 0 Å². The van der Waals surface area contributed by atoms with Gasteiger partial charge in [-0.2, -0.15) is 5.10 Å². The number of nitrogens with zero attached hydrogens (tertiary/aromatic N) is 4. The van der Waals surface area contributed by atoms with Crippen LogP contribution in [0.1, 0.15) is 41.7 Å². The molecule has 8 nitrogen and oxygen atoms in total. The molecule has 4 rings (SSSR count). The molecule has 0 bridgehead atoms. The molecule has 28 heavy (non-hydrogen) atoms. The first-order chi connectivity index (χ1) is 13.6. The van der Waals surface area contributed by atoms with Gasteiger partial charge in [-0.1, -0.05) is 35.0 Å². The van der Waals surface area contributed by atoms with Gasteiger partial charge in [0, 0.05) is 30.6 Å². The number of hydrogen-bond donors (Lipinski definition) is 2. The monoisotopic (exact) mass is 380 g/mol. The number of benzene rings is 1. The molecular formula is C20H24N6O2. The lowest BCUT2D eigenvalue weighted by Gasteiger charge is -2.31. The summed E-state index contributed by atoms with van der Waals surface area (Å²) in [6, 6.07) is 9.81. The summed E-state index contributed by atoms with van der Waals surface area (Å²) in [7, 11) is 0. The quantitative estimate of drug-likeness (QED) is 0.724. The number of rotatable bonds is 4. The molecule has 8 heteroatoms. The number of aromatic amines is 1. The summed E-state index contributed by atoms with van der Waals surface area (Å²) in [4.78, 5) is 18.8. The molecule has 2 amide bonds. The number of carbonyl (C=O) groups is 1. The molecule has 1 aromatic carbocycles. The largest absolute Gasteiger partial charge is 0.356 e. The van der Waals surface area contributed by atoms with Crippen LogP contribution in [0.3, 0.4) is 0 Å². The normalized spacial score (nSPS) is 16.9. The highest BCUT2D eigenvalue weighted by Gasteiger charge is 2.27. The zero-order valence-corrected chi connectivity index (χ0v) is 16.1. The minimum absolute atomic E-state index is 0.100. The summed E-state index contributed by atoms with van der Waals surface area (Å²) in [6.45, 7) is 5.61. The van der Waals surface area contributed by atoms with E-state index < -0.39 is 0 Å². The molecule has 3 aromatic rings. The number of carbonyl (C=O) groups excluding carboxylic acids is 1. The SMILES string of the molecule is Cc1ccc(-c2cc(CNC(=O)N3CCC[C@@H](c4n[nH]c(C)n4)C3)no2)cc1. The minimum Gasteiger partial charge on any atom is -0.356 e. The number of hydrogen-bond acceptors (Lipinski definition) is 5. The van der Waals surface area contributed by atoms with Crippen molar-refractivity contribution in [3.05, 3.63) is 53.2 Å². The van der Waals surface area contributed by atoms with Gasteiger partial charge in [0.15, 0.2) is 11.6 Å². The van der Waals surface area contributed by atoms with Gasteiger partial charge in [0.1, 0.15) is 11.5 Å². The molecule has 0 radical (unpaired) electrons. The third-order valence-corrected chi connectivity index (χ3v) is 5.00. The molecule has 146 valence electrons. The molecule has 2 N–H and O–H groups in total. The molecular weight excluding hydrogens is 356 g/mol.